The van der Waals surface area contributed by atoms with E-state index >= 15 is 0 Å². The molecule has 0 radical (unpaired) electrons. The van der Waals surface area contributed by atoms with Crippen molar-refractivity contribution in [2.75, 3.05) is 31.1 Å². The average molecular weight is 264 g/mol. The zero-order valence-electron chi connectivity index (χ0n) is 9.90. The second-order valence-electron chi connectivity index (χ2n) is 4.49. The fourth-order valence-electron chi connectivity index (χ4n) is 2.27. The molecule has 0 aliphatic carbocycles. The molecule has 0 spiro atoms. The van der Waals surface area contributed by atoms with E-state index in [4.69, 9.17) is 11.8 Å². The number of piperazine rings is 1. The smallest absolute Gasteiger partial charge is 0.248 e. The average Bonchev–Trinajstić information content (AvgIpc) is 2.38. The fourth-order valence-corrected chi connectivity index (χ4v) is 2.43. The maximum atomic E-state index is 11.3. The predicted molar refractivity (Wildman–Crippen MR) is 74.2 cm³/mol. The van der Waals surface area contributed by atoms with Gasteiger partial charge in [-0.2, -0.15) is 0 Å². The Hall–Kier alpha value is -1.52. The maximum Gasteiger partial charge on any atom is 0.248 e. The van der Waals surface area contributed by atoms with E-state index in [0.29, 0.717) is 0 Å². The highest BCUT2D eigenvalue weighted by molar-refractivity contribution is 6.13. The summed E-state index contributed by atoms with van der Waals surface area (Å²) < 4.78 is 1.80. The Labute approximate surface area is 110 Å². The summed E-state index contributed by atoms with van der Waals surface area (Å²) in [4.78, 5) is 16.5. The van der Waals surface area contributed by atoms with E-state index in [0.717, 1.165) is 42.8 Å². The van der Waals surface area contributed by atoms with Crippen molar-refractivity contribution < 1.29 is 0 Å². The van der Waals surface area contributed by atoms with E-state index in [1.807, 2.05) is 18.2 Å². The molecule has 1 aliphatic heterocycles. The lowest BCUT2D eigenvalue weighted by atomic mass is 10.2. The molecule has 1 aromatic carbocycles. The minimum Gasteiger partial charge on any atom is -0.369 e. The number of halogens is 1. The third kappa shape index (κ3) is 2.21. The molecule has 1 N–H and O–H groups in total. The van der Waals surface area contributed by atoms with Gasteiger partial charge in [-0.25, -0.2) is 4.42 Å². The number of nitrogens with one attached hydrogen (secondary N) is 1. The zero-order valence-corrected chi connectivity index (χ0v) is 10.7. The lowest BCUT2D eigenvalue weighted by Crippen LogP contribution is -2.42. The molecular weight excluding hydrogens is 250 g/mol. The summed E-state index contributed by atoms with van der Waals surface area (Å²) in [5.41, 5.74) is 1.95. The number of pyridine rings is 1. The molecule has 1 aromatic heterocycles. The largest absolute Gasteiger partial charge is 0.369 e. The van der Waals surface area contributed by atoms with Crippen LogP contribution in [0.5, 0.6) is 0 Å². The number of benzene rings is 1. The Balaban J connectivity index is 1.95. The number of aromatic amines is 1. The van der Waals surface area contributed by atoms with Crippen LogP contribution in [0.4, 0.5) is 5.69 Å². The number of anilines is 1. The molecule has 2 aromatic rings. The van der Waals surface area contributed by atoms with Gasteiger partial charge in [0, 0.05) is 37.9 Å². The van der Waals surface area contributed by atoms with Crippen LogP contribution in [0.2, 0.25) is 0 Å². The highest BCUT2D eigenvalue weighted by Gasteiger charge is 2.15. The number of aromatic nitrogens is 1. The van der Waals surface area contributed by atoms with Gasteiger partial charge >= 0.3 is 0 Å². The van der Waals surface area contributed by atoms with E-state index in [2.05, 4.69) is 16.0 Å². The molecule has 18 heavy (non-hydrogen) atoms. The summed E-state index contributed by atoms with van der Waals surface area (Å²) in [5, 5.41) is 1.05. The summed E-state index contributed by atoms with van der Waals surface area (Å²) in [7, 11) is 0. The van der Waals surface area contributed by atoms with Crippen LogP contribution in [0.15, 0.2) is 35.1 Å². The van der Waals surface area contributed by atoms with Gasteiger partial charge in [-0.15, -0.1) is 0 Å². The molecule has 5 heteroatoms. The first kappa shape index (κ1) is 11.6. The molecule has 2 heterocycles. The van der Waals surface area contributed by atoms with Gasteiger partial charge in [-0.1, -0.05) is 6.07 Å². The third-order valence-corrected chi connectivity index (χ3v) is 3.64. The number of hydrogen-bond donors (Lipinski definition) is 1. The van der Waals surface area contributed by atoms with Crippen LogP contribution < -0.4 is 10.5 Å². The highest BCUT2D eigenvalue weighted by atomic mass is 35.5. The summed E-state index contributed by atoms with van der Waals surface area (Å²) >= 11 is 5.94. The van der Waals surface area contributed by atoms with Crippen molar-refractivity contribution in [1.82, 2.24) is 9.40 Å². The fraction of sp³-hybridized carbons (Fsp3) is 0.308. The van der Waals surface area contributed by atoms with E-state index in [1.165, 1.54) is 0 Å². The van der Waals surface area contributed by atoms with Crippen molar-refractivity contribution in [1.29, 1.82) is 0 Å². The first-order valence-corrected chi connectivity index (χ1v) is 6.35. The van der Waals surface area contributed by atoms with Crippen LogP contribution in [-0.2, 0) is 0 Å². The number of rotatable bonds is 1. The Bertz CT molecular complexity index is 617. The first-order valence-electron chi connectivity index (χ1n) is 6.01. The van der Waals surface area contributed by atoms with Crippen LogP contribution in [0, 0.1) is 0 Å². The van der Waals surface area contributed by atoms with Gasteiger partial charge in [0.25, 0.3) is 0 Å². The van der Waals surface area contributed by atoms with E-state index in [-0.39, 0.29) is 5.56 Å². The molecular formula is C13H14ClN3O. The second kappa shape index (κ2) is 4.63. The molecule has 0 saturated carbocycles. The van der Waals surface area contributed by atoms with Gasteiger partial charge in [0.05, 0.1) is 5.52 Å². The number of fused-ring (bicyclic) bond motifs is 1. The molecule has 0 unspecified atom stereocenters. The molecule has 4 nitrogen and oxygen atoms in total. The zero-order chi connectivity index (χ0) is 12.5. The van der Waals surface area contributed by atoms with Crippen molar-refractivity contribution in [2.45, 2.75) is 0 Å². The molecule has 94 valence electrons. The molecule has 1 fully saturated rings. The van der Waals surface area contributed by atoms with Gasteiger partial charge in [-0.05, 0) is 35.4 Å². The van der Waals surface area contributed by atoms with E-state index in [1.54, 1.807) is 10.5 Å². The Morgan fingerprint density at radius 1 is 1.06 bits per heavy atom. The topological polar surface area (TPSA) is 39.3 Å². The highest BCUT2D eigenvalue weighted by Crippen LogP contribution is 2.21. The number of H-pyrrole nitrogens is 1. The molecule has 1 aliphatic rings. The molecule has 1 saturated heterocycles. The van der Waals surface area contributed by atoms with Crippen molar-refractivity contribution in [3.63, 3.8) is 0 Å². The van der Waals surface area contributed by atoms with Gasteiger partial charge in [0.15, 0.2) is 0 Å². The summed E-state index contributed by atoms with van der Waals surface area (Å²) in [6.07, 6.45) is 0. The normalized spacial score (nSPS) is 17.3. The molecule has 3 rings (SSSR count). The number of nitrogens with zero attached hydrogens (tertiary/aromatic N) is 2. The monoisotopic (exact) mass is 263 g/mol. The van der Waals surface area contributed by atoms with Crippen LogP contribution in [0.3, 0.4) is 0 Å². The molecule has 0 amide bonds. The minimum absolute atomic E-state index is 0.0646. The van der Waals surface area contributed by atoms with E-state index in [9.17, 15) is 4.79 Å². The van der Waals surface area contributed by atoms with Crippen LogP contribution in [-0.4, -0.2) is 35.6 Å². The standard InChI is InChI=1S/C13H14ClN3O/c14-17-7-5-16(6-8-17)11-3-1-10-2-4-13(18)15-12(10)9-11/h1-4,9H,5-8H2,(H,15,18). The van der Waals surface area contributed by atoms with Crippen LogP contribution >= 0.6 is 11.8 Å². The Morgan fingerprint density at radius 2 is 1.78 bits per heavy atom. The van der Waals surface area contributed by atoms with Crippen molar-refractivity contribution in [2.24, 2.45) is 0 Å². The van der Waals surface area contributed by atoms with Crippen molar-refractivity contribution in [3.8, 4) is 0 Å². The minimum atomic E-state index is -0.0646. The van der Waals surface area contributed by atoms with Gasteiger partial charge in [0.2, 0.25) is 5.56 Å². The Morgan fingerprint density at radius 3 is 2.56 bits per heavy atom. The third-order valence-electron chi connectivity index (χ3n) is 3.30. The lowest BCUT2D eigenvalue weighted by molar-refractivity contribution is 0.416. The van der Waals surface area contributed by atoms with Gasteiger partial charge < -0.3 is 9.88 Å². The SMILES string of the molecule is O=c1ccc2ccc(N3CCN(Cl)CC3)cc2[nH]1. The molecule has 0 bridgehead atoms. The summed E-state index contributed by atoms with van der Waals surface area (Å²) in [6, 6.07) is 9.54. The predicted octanol–water partition coefficient (Wildman–Crippen LogP) is 1.80. The Kier molecular flexibility index (Phi) is 2.97. The molecule has 0 atom stereocenters. The summed E-state index contributed by atoms with van der Waals surface area (Å²) in [6.45, 7) is 3.52. The van der Waals surface area contributed by atoms with Crippen molar-refractivity contribution >= 4 is 28.4 Å². The summed E-state index contributed by atoms with van der Waals surface area (Å²) in [5.74, 6) is 0. The van der Waals surface area contributed by atoms with Gasteiger partial charge in [-0.3, -0.25) is 4.79 Å². The quantitative estimate of drug-likeness (QED) is 0.798. The van der Waals surface area contributed by atoms with Crippen LogP contribution in [0.1, 0.15) is 0 Å². The van der Waals surface area contributed by atoms with Crippen LogP contribution in [0.25, 0.3) is 10.9 Å². The maximum absolute atomic E-state index is 11.3. The first-order chi connectivity index (χ1) is 8.72. The van der Waals surface area contributed by atoms with E-state index < -0.39 is 0 Å². The number of hydrogen-bond acceptors (Lipinski definition) is 3. The lowest BCUT2D eigenvalue weighted by Gasteiger charge is -2.32. The van der Waals surface area contributed by atoms with Crippen molar-refractivity contribution in [3.05, 3.63) is 40.7 Å². The second-order valence-corrected chi connectivity index (χ2v) is 4.97. The van der Waals surface area contributed by atoms with Gasteiger partial charge in [0.1, 0.15) is 0 Å².